The van der Waals surface area contributed by atoms with Crippen molar-refractivity contribution in [3.63, 3.8) is 0 Å². The lowest BCUT2D eigenvalue weighted by molar-refractivity contribution is -0.254. The molecule has 0 saturated carbocycles. The molecule has 1 heterocycles. The number of aromatic carboxylic acids is 1. The van der Waals surface area contributed by atoms with E-state index in [1.54, 1.807) is 30.3 Å². The number of rotatable bonds is 5. The number of amides is 3. The third kappa shape index (κ3) is 3.51. The van der Waals surface area contributed by atoms with Crippen LogP contribution in [0.3, 0.4) is 0 Å². The van der Waals surface area contributed by atoms with Crippen LogP contribution < -0.4 is 20.1 Å². The van der Waals surface area contributed by atoms with Crippen molar-refractivity contribution in [3.8, 4) is 5.75 Å². The summed E-state index contributed by atoms with van der Waals surface area (Å²) in [5, 5.41) is 13.7. The molecule has 0 bridgehead atoms. The molecule has 1 N–H and O–H groups in total. The Morgan fingerprint density at radius 1 is 0.903 bits per heavy atom. The average Bonchev–Trinajstić information content (AvgIpc) is 3.03. The summed E-state index contributed by atoms with van der Waals surface area (Å²) >= 11 is 0. The predicted molar refractivity (Wildman–Crippen MR) is 109 cm³/mol. The molecule has 8 heteroatoms. The van der Waals surface area contributed by atoms with Gasteiger partial charge in [-0.2, -0.15) is 0 Å². The molecular formula is C23H15N2O6-. The fourth-order valence-electron chi connectivity index (χ4n) is 3.31. The molecule has 3 amide bonds. The van der Waals surface area contributed by atoms with E-state index in [0.29, 0.717) is 11.4 Å². The minimum Gasteiger partial charge on any atom is -0.545 e. The van der Waals surface area contributed by atoms with Crippen LogP contribution in [-0.4, -0.2) is 30.8 Å². The van der Waals surface area contributed by atoms with Gasteiger partial charge in [-0.25, -0.2) is 4.90 Å². The average molecular weight is 415 g/mol. The first-order valence-corrected chi connectivity index (χ1v) is 9.19. The highest BCUT2D eigenvalue weighted by Crippen LogP contribution is 2.30. The smallest absolute Gasteiger partial charge is 0.266 e. The van der Waals surface area contributed by atoms with E-state index in [4.69, 9.17) is 4.74 Å². The van der Waals surface area contributed by atoms with Crippen molar-refractivity contribution in [1.29, 1.82) is 0 Å². The minimum atomic E-state index is -1.43. The van der Waals surface area contributed by atoms with Crippen molar-refractivity contribution in [2.24, 2.45) is 0 Å². The predicted octanol–water partition coefficient (Wildman–Crippen LogP) is 2.11. The number of methoxy groups -OCH3 is 1. The number of carboxylic acids is 1. The van der Waals surface area contributed by atoms with Crippen molar-refractivity contribution < 1.29 is 29.0 Å². The Balaban J connectivity index is 1.62. The Morgan fingerprint density at radius 3 is 2.26 bits per heavy atom. The lowest BCUT2D eigenvalue weighted by Crippen LogP contribution is -2.29. The number of benzene rings is 3. The van der Waals surface area contributed by atoms with Crippen LogP contribution in [0.2, 0.25) is 0 Å². The second-order valence-electron chi connectivity index (χ2n) is 6.69. The Labute approximate surface area is 176 Å². The van der Waals surface area contributed by atoms with Crippen molar-refractivity contribution in [2.45, 2.75) is 0 Å². The Bertz CT molecular complexity index is 1230. The van der Waals surface area contributed by atoms with Gasteiger partial charge in [-0.3, -0.25) is 14.4 Å². The van der Waals surface area contributed by atoms with Crippen LogP contribution in [0.1, 0.15) is 41.4 Å². The largest absolute Gasteiger partial charge is 0.545 e. The SMILES string of the molecule is COc1ccc(N2C(=O)c3ccc(C(=O)Nc4ccccc4C(=O)[O-])cc3C2=O)cc1. The van der Waals surface area contributed by atoms with Crippen LogP contribution in [-0.2, 0) is 0 Å². The number of carboxylic acid groups (broad SMARTS) is 1. The Morgan fingerprint density at radius 2 is 1.58 bits per heavy atom. The van der Waals surface area contributed by atoms with Crippen molar-refractivity contribution in [1.82, 2.24) is 0 Å². The van der Waals surface area contributed by atoms with E-state index < -0.39 is 23.7 Å². The van der Waals surface area contributed by atoms with Crippen LogP contribution in [0.25, 0.3) is 0 Å². The number of nitrogens with zero attached hydrogens (tertiary/aromatic N) is 1. The monoisotopic (exact) mass is 415 g/mol. The molecule has 0 fully saturated rings. The normalized spacial score (nSPS) is 12.5. The number of imide groups is 1. The van der Waals surface area contributed by atoms with E-state index in [9.17, 15) is 24.3 Å². The lowest BCUT2D eigenvalue weighted by Gasteiger charge is -2.14. The quantitative estimate of drug-likeness (QED) is 0.638. The van der Waals surface area contributed by atoms with Gasteiger partial charge < -0.3 is 20.0 Å². The zero-order valence-electron chi connectivity index (χ0n) is 16.2. The number of para-hydroxylation sites is 1. The number of anilines is 2. The van der Waals surface area contributed by atoms with E-state index in [0.717, 1.165) is 4.90 Å². The van der Waals surface area contributed by atoms with Crippen LogP contribution >= 0.6 is 0 Å². The number of nitrogens with one attached hydrogen (secondary N) is 1. The van der Waals surface area contributed by atoms with Crippen LogP contribution in [0.5, 0.6) is 5.75 Å². The first-order valence-electron chi connectivity index (χ1n) is 9.19. The molecule has 31 heavy (non-hydrogen) atoms. The van der Waals surface area contributed by atoms with E-state index in [1.165, 1.54) is 43.5 Å². The maximum Gasteiger partial charge on any atom is 0.266 e. The molecule has 3 aromatic rings. The highest BCUT2D eigenvalue weighted by atomic mass is 16.5. The summed E-state index contributed by atoms with van der Waals surface area (Å²) < 4.78 is 5.09. The van der Waals surface area contributed by atoms with Crippen LogP contribution in [0.15, 0.2) is 66.7 Å². The van der Waals surface area contributed by atoms with Gasteiger partial charge in [0, 0.05) is 11.1 Å². The van der Waals surface area contributed by atoms with Gasteiger partial charge in [0.25, 0.3) is 17.7 Å². The summed E-state index contributed by atoms with van der Waals surface area (Å²) in [7, 11) is 1.51. The topological polar surface area (TPSA) is 116 Å². The zero-order valence-corrected chi connectivity index (χ0v) is 16.2. The molecule has 0 spiro atoms. The van der Waals surface area contributed by atoms with Gasteiger partial charge >= 0.3 is 0 Å². The van der Waals surface area contributed by atoms with E-state index in [2.05, 4.69) is 5.32 Å². The second-order valence-corrected chi connectivity index (χ2v) is 6.69. The third-order valence-electron chi connectivity index (χ3n) is 4.87. The summed E-state index contributed by atoms with van der Waals surface area (Å²) in [5.74, 6) is -2.54. The van der Waals surface area contributed by atoms with Crippen LogP contribution in [0, 0.1) is 0 Å². The third-order valence-corrected chi connectivity index (χ3v) is 4.87. The lowest BCUT2D eigenvalue weighted by atomic mass is 10.0. The number of fused-ring (bicyclic) bond motifs is 1. The van der Waals surface area contributed by atoms with Gasteiger partial charge in [0.2, 0.25) is 0 Å². The summed E-state index contributed by atoms with van der Waals surface area (Å²) in [5.41, 5.74) is 0.629. The highest BCUT2D eigenvalue weighted by molar-refractivity contribution is 6.34. The molecule has 1 aliphatic heterocycles. The van der Waals surface area contributed by atoms with Gasteiger partial charge in [-0.1, -0.05) is 18.2 Å². The molecule has 4 rings (SSSR count). The number of hydrogen-bond acceptors (Lipinski definition) is 6. The number of ether oxygens (including phenoxy) is 1. The molecule has 8 nitrogen and oxygen atoms in total. The molecule has 1 aliphatic rings. The molecular weight excluding hydrogens is 400 g/mol. The fourth-order valence-corrected chi connectivity index (χ4v) is 3.31. The van der Waals surface area contributed by atoms with E-state index >= 15 is 0 Å². The molecule has 0 saturated heterocycles. The molecule has 0 unspecified atom stereocenters. The molecule has 0 radical (unpaired) electrons. The molecule has 154 valence electrons. The second kappa shape index (κ2) is 7.75. The molecule has 3 aromatic carbocycles. The van der Waals surface area contributed by atoms with Gasteiger partial charge in [-0.15, -0.1) is 0 Å². The first kappa shape index (κ1) is 19.8. The summed E-state index contributed by atoms with van der Waals surface area (Å²) in [6, 6.07) is 16.4. The van der Waals surface area contributed by atoms with Gasteiger partial charge in [0.05, 0.1) is 35.6 Å². The fraction of sp³-hybridized carbons (Fsp3) is 0.0435. The summed E-state index contributed by atoms with van der Waals surface area (Å²) in [6.07, 6.45) is 0. The zero-order chi connectivity index (χ0) is 22.1. The highest BCUT2D eigenvalue weighted by Gasteiger charge is 2.37. The van der Waals surface area contributed by atoms with Gasteiger partial charge in [0.15, 0.2) is 0 Å². The van der Waals surface area contributed by atoms with E-state index in [1.807, 2.05) is 0 Å². The maximum atomic E-state index is 12.9. The standard InChI is InChI=1S/C23H16N2O6/c1-31-15-9-7-14(8-10-15)25-21(27)16-11-6-13(12-18(16)22(25)28)20(26)24-19-5-3-2-4-17(19)23(29)30/h2-12H,1H3,(H,24,26)(H,29,30)/p-1. The van der Waals surface area contributed by atoms with E-state index in [-0.39, 0.29) is 27.9 Å². The Hall–Kier alpha value is -4.46. The molecule has 0 aromatic heterocycles. The molecule has 0 atom stereocenters. The van der Waals surface area contributed by atoms with Crippen molar-refractivity contribution >= 4 is 35.1 Å². The van der Waals surface area contributed by atoms with Crippen molar-refractivity contribution in [3.05, 3.63) is 89.0 Å². The molecule has 0 aliphatic carbocycles. The van der Waals surface area contributed by atoms with Crippen molar-refractivity contribution in [2.75, 3.05) is 17.3 Å². The number of hydrogen-bond donors (Lipinski definition) is 1. The number of carbonyl (C=O) groups excluding carboxylic acids is 4. The first-order chi connectivity index (χ1) is 14.9. The summed E-state index contributed by atoms with van der Waals surface area (Å²) in [6.45, 7) is 0. The Kier molecular flexibility index (Phi) is 4.96. The maximum absolute atomic E-state index is 12.9. The number of carbonyl (C=O) groups is 4. The summed E-state index contributed by atoms with van der Waals surface area (Å²) in [4.78, 5) is 50.6. The van der Waals surface area contributed by atoms with Gasteiger partial charge in [0.1, 0.15) is 5.75 Å². The van der Waals surface area contributed by atoms with Crippen LogP contribution in [0.4, 0.5) is 11.4 Å². The van der Waals surface area contributed by atoms with Gasteiger partial charge in [-0.05, 0) is 48.5 Å². The minimum absolute atomic E-state index is 0.0651.